The highest BCUT2D eigenvalue weighted by Crippen LogP contribution is 2.25. The Morgan fingerprint density at radius 3 is 2.19 bits per heavy atom. The maximum atomic E-state index is 9.39. The molecule has 16 heavy (non-hydrogen) atoms. The van der Waals surface area contributed by atoms with Crippen LogP contribution < -0.4 is 5.32 Å². The second-order valence-electron chi connectivity index (χ2n) is 3.94. The van der Waals surface area contributed by atoms with Gasteiger partial charge in [-0.05, 0) is 37.1 Å². The van der Waals surface area contributed by atoms with Crippen molar-refractivity contribution in [3.05, 3.63) is 53.6 Å². The quantitative estimate of drug-likeness (QED) is 0.796. The van der Waals surface area contributed by atoms with E-state index in [0.29, 0.717) is 0 Å². The van der Waals surface area contributed by atoms with Crippen molar-refractivity contribution in [2.24, 2.45) is 0 Å². The van der Waals surface area contributed by atoms with Gasteiger partial charge in [0.1, 0.15) is 5.75 Å². The molecule has 0 radical (unpaired) electrons. The van der Waals surface area contributed by atoms with Crippen LogP contribution in [0.4, 0.5) is 11.4 Å². The molecule has 0 aliphatic rings. The lowest BCUT2D eigenvalue weighted by Crippen LogP contribution is -1.95. The smallest absolute Gasteiger partial charge is 0.117 e. The summed E-state index contributed by atoms with van der Waals surface area (Å²) < 4.78 is 0. The van der Waals surface area contributed by atoms with E-state index in [1.54, 1.807) is 12.1 Å². The summed E-state index contributed by atoms with van der Waals surface area (Å²) in [4.78, 5) is 0. The molecule has 2 heteroatoms. The summed E-state index contributed by atoms with van der Waals surface area (Å²) in [6.07, 6.45) is 0. The zero-order chi connectivity index (χ0) is 11.5. The van der Waals surface area contributed by atoms with Crippen molar-refractivity contribution in [3.8, 4) is 5.75 Å². The van der Waals surface area contributed by atoms with Gasteiger partial charge in [0.2, 0.25) is 0 Å². The Hall–Kier alpha value is -1.96. The Balaban J connectivity index is 2.34. The fourth-order valence-corrected chi connectivity index (χ4v) is 1.74. The molecule has 0 saturated heterocycles. The third-order valence-electron chi connectivity index (χ3n) is 2.60. The zero-order valence-electron chi connectivity index (χ0n) is 9.49. The Labute approximate surface area is 95.6 Å². The average Bonchev–Trinajstić information content (AvgIpc) is 2.24. The fourth-order valence-electron chi connectivity index (χ4n) is 1.74. The molecule has 2 N–H and O–H groups in total. The van der Waals surface area contributed by atoms with E-state index < -0.39 is 0 Å². The molecule has 0 amide bonds. The number of phenols is 1. The topological polar surface area (TPSA) is 32.3 Å². The van der Waals surface area contributed by atoms with Gasteiger partial charge in [0, 0.05) is 17.4 Å². The van der Waals surface area contributed by atoms with Gasteiger partial charge < -0.3 is 10.4 Å². The van der Waals surface area contributed by atoms with Crippen LogP contribution in [0.3, 0.4) is 0 Å². The first kappa shape index (κ1) is 10.6. The minimum atomic E-state index is 0.274. The molecule has 0 aromatic heterocycles. The molecule has 0 saturated carbocycles. The van der Waals surface area contributed by atoms with Crippen molar-refractivity contribution in [1.82, 2.24) is 0 Å². The number of phenolic OH excluding ortho intramolecular Hbond substituents is 1. The molecule has 0 spiro atoms. The molecule has 2 rings (SSSR count). The van der Waals surface area contributed by atoms with E-state index >= 15 is 0 Å². The Morgan fingerprint density at radius 2 is 1.56 bits per heavy atom. The van der Waals surface area contributed by atoms with E-state index in [0.717, 1.165) is 11.4 Å². The number of aryl methyl sites for hydroxylation is 2. The highest BCUT2D eigenvalue weighted by atomic mass is 16.3. The predicted octanol–water partition coefficient (Wildman–Crippen LogP) is 3.75. The third kappa shape index (κ3) is 2.16. The SMILES string of the molecule is Cc1cccc(C)c1Nc1cccc(O)c1. The number of nitrogens with one attached hydrogen (secondary N) is 1. The van der Waals surface area contributed by atoms with Crippen LogP contribution in [-0.2, 0) is 0 Å². The lowest BCUT2D eigenvalue weighted by Gasteiger charge is -2.12. The van der Waals surface area contributed by atoms with Gasteiger partial charge >= 0.3 is 0 Å². The number of hydrogen-bond donors (Lipinski definition) is 2. The molecule has 82 valence electrons. The third-order valence-corrected chi connectivity index (χ3v) is 2.60. The summed E-state index contributed by atoms with van der Waals surface area (Å²) in [7, 11) is 0. The summed E-state index contributed by atoms with van der Waals surface area (Å²) in [5, 5.41) is 12.7. The second-order valence-corrected chi connectivity index (χ2v) is 3.94. The highest BCUT2D eigenvalue weighted by Gasteiger charge is 2.02. The number of benzene rings is 2. The first-order valence-electron chi connectivity index (χ1n) is 5.29. The van der Waals surface area contributed by atoms with E-state index in [1.807, 2.05) is 18.2 Å². The van der Waals surface area contributed by atoms with Crippen LogP contribution in [0.25, 0.3) is 0 Å². The Kier molecular flexibility index (Phi) is 2.82. The van der Waals surface area contributed by atoms with Gasteiger partial charge in [-0.3, -0.25) is 0 Å². The monoisotopic (exact) mass is 213 g/mol. The van der Waals surface area contributed by atoms with Gasteiger partial charge in [-0.15, -0.1) is 0 Å². The van der Waals surface area contributed by atoms with Crippen molar-refractivity contribution in [1.29, 1.82) is 0 Å². The van der Waals surface area contributed by atoms with Gasteiger partial charge in [-0.2, -0.15) is 0 Å². The molecule has 0 fully saturated rings. The summed E-state index contributed by atoms with van der Waals surface area (Å²) in [6.45, 7) is 4.14. The normalized spacial score (nSPS) is 10.1. The summed E-state index contributed by atoms with van der Waals surface area (Å²) >= 11 is 0. The molecule has 0 unspecified atom stereocenters. The van der Waals surface area contributed by atoms with Crippen LogP contribution in [0.5, 0.6) is 5.75 Å². The molecule has 0 atom stereocenters. The number of para-hydroxylation sites is 1. The van der Waals surface area contributed by atoms with E-state index in [-0.39, 0.29) is 5.75 Å². The maximum Gasteiger partial charge on any atom is 0.117 e. The summed E-state index contributed by atoms with van der Waals surface area (Å²) in [5.74, 6) is 0.274. The molecule has 2 aromatic rings. The number of hydrogen-bond acceptors (Lipinski definition) is 2. The van der Waals surface area contributed by atoms with Crippen LogP contribution in [-0.4, -0.2) is 5.11 Å². The van der Waals surface area contributed by atoms with Gasteiger partial charge in [0.15, 0.2) is 0 Å². The van der Waals surface area contributed by atoms with Crippen LogP contribution in [0, 0.1) is 13.8 Å². The zero-order valence-corrected chi connectivity index (χ0v) is 9.49. The molecule has 2 nitrogen and oxygen atoms in total. The largest absolute Gasteiger partial charge is 0.508 e. The van der Waals surface area contributed by atoms with Crippen molar-refractivity contribution in [3.63, 3.8) is 0 Å². The van der Waals surface area contributed by atoms with Gasteiger partial charge in [-0.1, -0.05) is 24.3 Å². The molecule has 0 aliphatic carbocycles. The van der Waals surface area contributed by atoms with Crippen molar-refractivity contribution in [2.45, 2.75) is 13.8 Å². The van der Waals surface area contributed by atoms with E-state index in [4.69, 9.17) is 0 Å². The first-order valence-corrected chi connectivity index (χ1v) is 5.29. The lowest BCUT2D eigenvalue weighted by molar-refractivity contribution is 0.475. The molecular weight excluding hydrogens is 198 g/mol. The molecule has 2 aromatic carbocycles. The maximum absolute atomic E-state index is 9.39. The standard InChI is InChI=1S/C14H15NO/c1-10-5-3-6-11(2)14(10)15-12-7-4-8-13(16)9-12/h3-9,15-16H,1-2H3. The minimum Gasteiger partial charge on any atom is -0.508 e. The predicted molar refractivity (Wildman–Crippen MR) is 67.3 cm³/mol. The van der Waals surface area contributed by atoms with Crippen molar-refractivity contribution in [2.75, 3.05) is 5.32 Å². The van der Waals surface area contributed by atoms with Gasteiger partial charge in [0.05, 0.1) is 0 Å². The van der Waals surface area contributed by atoms with Crippen LogP contribution >= 0.6 is 0 Å². The number of rotatable bonds is 2. The van der Waals surface area contributed by atoms with E-state index in [9.17, 15) is 5.11 Å². The van der Waals surface area contributed by atoms with Crippen molar-refractivity contribution >= 4 is 11.4 Å². The lowest BCUT2D eigenvalue weighted by atomic mass is 10.1. The van der Waals surface area contributed by atoms with Gasteiger partial charge in [-0.25, -0.2) is 0 Å². The van der Waals surface area contributed by atoms with Crippen molar-refractivity contribution < 1.29 is 5.11 Å². The van der Waals surface area contributed by atoms with E-state index in [2.05, 4.69) is 31.3 Å². The number of anilines is 2. The molecule has 0 aliphatic heterocycles. The Bertz CT molecular complexity index is 486. The summed E-state index contributed by atoms with van der Waals surface area (Å²) in [6, 6.07) is 13.3. The summed E-state index contributed by atoms with van der Waals surface area (Å²) in [5.41, 5.74) is 4.40. The Morgan fingerprint density at radius 1 is 0.938 bits per heavy atom. The number of aromatic hydroxyl groups is 1. The highest BCUT2D eigenvalue weighted by molar-refractivity contribution is 5.67. The first-order chi connectivity index (χ1) is 7.66. The van der Waals surface area contributed by atoms with Gasteiger partial charge in [0.25, 0.3) is 0 Å². The molecule has 0 heterocycles. The van der Waals surface area contributed by atoms with E-state index in [1.165, 1.54) is 11.1 Å². The minimum absolute atomic E-state index is 0.274. The average molecular weight is 213 g/mol. The molecule has 0 bridgehead atoms. The second kappa shape index (κ2) is 4.27. The van der Waals surface area contributed by atoms with Crippen LogP contribution in [0.1, 0.15) is 11.1 Å². The van der Waals surface area contributed by atoms with Crippen LogP contribution in [0.15, 0.2) is 42.5 Å². The van der Waals surface area contributed by atoms with Crippen LogP contribution in [0.2, 0.25) is 0 Å². The molecular formula is C14H15NO. The fraction of sp³-hybridized carbons (Fsp3) is 0.143.